The Morgan fingerprint density at radius 1 is 0.933 bits per heavy atom. The molecule has 4 rings (SSSR count). The molecular formula is C25H22N4O. The van der Waals surface area contributed by atoms with Crippen molar-refractivity contribution in [3.63, 3.8) is 0 Å². The fourth-order valence-electron chi connectivity index (χ4n) is 3.15. The number of hydrogen-bond donors (Lipinski definition) is 1. The van der Waals surface area contributed by atoms with Crippen molar-refractivity contribution in [2.75, 3.05) is 0 Å². The van der Waals surface area contributed by atoms with Crippen LogP contribution in [-0.2, 0) is 17.9 Å². The highest BCUT2D eigenvalue weighted by Crippen LogP contribution is 2.23. The second-order valence-corrected chi connectivity index (χ2v) is 6.89. The lowest BCUT2D eigenvalue weighted by molar-refractivity contribution is -0.116. The van der Waals surface area contributed by atoms with E-state index in [0.717, 1.165) is 27.9 Å². The van der Waals surface area contributed by atoms with E-state index in [-0.39, 0.29) is 5.91 Å². The lowest BCUT2D eigenvalue weighted by atomic mass is 10.1. The Kier molecular flexibility index (Phi) is 6.11. The van der Waals surface area contributed by atoms with Gasteiger partial charge in [0.1, 0.15) is 5.69 Å². The summed E-state index contributed by atoms with van der Waals surface area (Å²) in [6, 6.07) is 23.8. The molecule has 0 aliphatic rings. The number of rotatable bonds is 7. The maximum Gasteiger partial charge on any atom is 0.244 e. The van der Waals surface area contributed by atoms with Crippen molar-refractivity contribution in [3.05, 3.63) is 114 Å². The Morgan fingerprint density at radius 2 is 1.67 bits per heavy atom. The molecule has 0 fully saturated rings. The number of pyridine rings is 1. The van der Waals surface area contributed by atoms with Crippen LogP contribution in [-0.4, -0.2) is 20.7 Å². The number of nitrogens with one attached hydrogen (secondary N) is 1. The number of carbonyl (C=O) groups is 1. The topological polar surface area (TPSA) is 59.8 Å². The van der Waals surface area contributed by atoms with Crippen LogP contribution in [0, 0.1) is 0 Å². The largest absolute Gasteiger partial charge is 0.348 e. The number of hydrogen-bond acceptors (Lipinski definition) is 3. The maximum atomic E-state index is 12.3. The molecular weight excluding hydrogens is 372 g/mol. The Bertz CT molecular complexity index is 1120. The lowest BCUT2D eigenvalue weighted by Crippen LogP contribution is -2.20. The van der Waals surface area contributed by atoms with E-state index in [1.807, 2.05) is 71.5 Å². The summed E-state index contributed by atoms with van der Waals surface area (Å²) in [7, 11) is 0. The van der Waals surface area contributed by atoms with E-state index in [1.165, 1.54) is 0 Å². The van der Waals surface area contributed by atoms with Crippen molar-refractivity contribution in [1.82, 2.24) is 20.1 Å². The molecule has 0 atom stereocenters. The first-order valence-corrected chi connectivity index (χ1v) is 9.79. The molecule has 148 valence electrons. The zero-order chi connectivity index (χ0) is 20.6. The van der Waals surface area contributed by atoms with E-state index in [0.29, 0.717) is 13.1 Å². The van der Waals surface area contributed by atoms with Crippen molar-refractivity contribution in [2.24, 2.45) is 0 Å². The summed E-state index contributed by atoms with van der Waals surface area (Å²) < 4.78 is 1.89. The number of benzene rings is 2. The molecule has 0 saturated carbocycles. The summed E-state index contributed by atoms with van der Waals surface area (Å²) in [5.41, 5.74) is 4.80. The molecule has 1 amide bonds. The normalized spacial score (nSPS) is 10.9. The average molecular weight is 394 g/mol. The Hall–Kier alpha value is -3.99. The van der Waals surface area contributed by atoms with Crippen molar-refractivity contribution >= 4 is 12.0 Å². The van der Waals surface area contributed by atoms with Gasteiger partial charge < -0.3 is 5.32 Å². The molecule has 5 nitrogen and oxygen atoms in total. The third-order valence-corrected chi connectivity index (χ3v) is 4.64. The minimum absolute atomic E-state index is 0.146. The minimum atomic E-state index is -0.146. The summed E-state index contributed by atoms with van der Waals surface area (Å²) in [5.74, 6) is -0.146. The van der Waals surface area contributed by atoms with Gasteiger partial charge in [0, 0.05) is 42.3 Å². The molecule has 0 spiro atoms. The van der Waals surface area contributed by atoms with Gasteiger partial charge in [-0.3, -0.25) is 14.5 Å². The molecule has 0 saturated heterocycles. The molecule has 5 heteroatoms. The van der Waals surface area contributed by atoms with Gasteiger partial charge in [-0.2, -0.15) is 5.10 Å². The van der Waals surface area contributed by atoms with Crippen molar-refractivity contribution in [1.29, 1.82) is 0 Å². The standard InChI is InChI=1S/C25H22N4O/c30-24(27-16-20-8-3-1-4-9-20)14-13-23-19-29(18-21-10-5-2-6-11-21)28-25(23)22-12-7-15-26-17-22/h1-15,17,19H,16,18H2,(H,27,30)/b14-13+. The van der Waals surface area contributed by atoms with Gasteiger partial charge in [-0.25, -0.2) is 0 Å². The summed E-state index contributed by atoms with van der Waals surface area (Å²) in [5, 5.41) is 7.65. The number of carbonyl (C=O) groups excluding carboxylic acids is 1. The van der Waals surface area contributed by atoms with Gasteiger partial charge in [-0.05, 0) is 29.3 Å². The first-order chi connectivity index (χ1) is 14.8. The molecule has 0 bridgehead atoms. The highest BCUT2D eigenvalue weighted by Gasteiger charge is 2.10. The van der Waals surface area contributed by atoms with Gasteiger partial charge >= 0.3 is 0 Å². The predicted molar refractivity (Wildman–Crippen MR) is 118 cm³/mol. The van der Waals surface area contributed by atoms with Crippen LogP contribution in [0.15, 0.2) is 97.5 Å². The van der Waals surface area contributed by atoms with Gasteiger partial charge in [0.2, 0.25) is 5.91 Å². The zero-order valence-corrected chi connectivity index (χ0v) is 16.5. The fourth-order valence-corrected chi connectivity index (χ4v) is 3.15. The van der Waals surface area contributed by atoms with Crippen LogP contribution in [0.2, 0.25) is 0 Å². The molecule has 2 aromatic carbocycles. The second kappa shape index (κ2) is 9.47. The molecule has 1 N–H and O–H groups in total. The van der Waals surface area contributed by atoms with E-state index < -0.39 is 0 Å². The number of nitrogens with zero attached hydrogens (tertiary/aromatic N) is 3. The molecule has 4 aromatic rings. The van der Waals surface area contributed by atoms with E-state index in [9.17, 15) is 4.79 Å². The predicted octanol–water partition coefficient (Wildman–Crippen LogP) is 4.32. The SMILES string of the molecule is O=C(/C=C/c1cn(Cc2ccccc2)nc1-c1cccnc1)NCc1ccccc1. The smallest absolute Gasteiger partial charge is 0.244 e. The quantitative estimate of drug-likeness (QED) is 0.475. The lowest BCUT2D eigenvalue weighted by Gasteiger charge is -2.02. The summed E-state index contributed by atoms with van der Waals surface area (Å²) in [6.45, 7) is 1.15. The van der Waals surface area contributed by atoms with Crippen molar-refractivity contribution < 1.29 is 4.79 Å². The van der Waals surface area contributed by atoms with Gasteiger partial charge in [-0.1, -0.05) is 60.7 Å². The molecule has 2 aromatic heterocycles. The van der Waals surface area contributed by atoms with E-state index in [2.05, 4.69) is 22.4 Å². The molecule has 0 aliphatic heterocycles. The maximum absolute atomic E-state index is 12.3. The summed E-state index contributed by atoms with van der Waals surface area (Å²) >= 11 is 0. The van der Waals surface area contributed by atoms with E-state index >= 15 is 0 Å². The van der Waals surface area contributed by atoms with Gasteiger partial charge in [0.05, 0.1) is 6.54 Å². The van der Waals surface area contributed by atoms with Gasteiger partial charge in [0.15, 0.2) is 0 Å². The van der Waals surface area contributed by atoms with E-state index in [1.54, 1.807) is 24.5 Å². The number of amides is 1. The van der Waals surface area contributed by atoms with Crippen LogP contribution in [0.4, 0.5) is 0 Å². The van der Waals surface area contributed by atoms with Crippen LogP contribution in [0.3, 0.4) is 0 Å². The van der Waals surface area contributed by atoms with Crippen molar-refractivity contribution in [3.8, 4) is 11.3 Å². The highest BCUT2D eigenvalue weighted by molar-refractivity contribution is 5.92. The highest BCUT2D eigenvalue weighted by atomic mass is 16.1. The second-order valence-electron chi connectivity index (χ2n) is 6.89. The third-order valence-electron chi connectivity index (χ3n) is 4.64. The first kappa shape index (κ1) is 19.3. The van der Waals surface area contributed by atoms with Crippen molar-refractivity contribution in [2.45, 2.75) is 13.1 Å². The number of aromatic nitrogens is 3. The molecule has 30 heavy (non-hydrogen) atoms. The monoisotopic (exact) mass is 394 g/mol. The van der Waals surface area contributed by atoms with Crippen LogP contribution in [0.25, 0.3) is 17.3 Å². The van der Waals surface area contributed by atoms with Crippen LogP contribution in [0.5, 0.6) is 0 Å². The van der Waals surface area contributed by atoms with Gasteiger partial charge in [0.25, 0.3) is 0 Å². The average Bonchev–Trinajstić information content (AvgIpc) is 3.21. The third kappa shape index (κ3) is 5.08. The Balaban J connectivity index is 1.53. The minimum Gasteiger partial charge on any atom is -0.348 e. The molecule has 2 heterocycles. The summed E-state index contributed by atoms with van der Waals surface area (Å²) in [4.78, 5) is 16.5. The van der Waals surface area contributed by atoms with Crippen LogP contribution < -0.4 is 5.32 Å². The molecule has 0 aliphatic carbocycles. The molecule has 0 unspecified atom stereocenters. The summed E-state index contributed by atoms with van der Waals surface area (Å²) in [6.07, 6.45) is 8.82. The van der Waals surface area contributed by atoms with Crippen LogP contribution in [0.1, 0.15) is 16.7 Å². The molecule has 0 radical (unpaired) electrons. The fraction of sp³-hybridized carbons (Fsp3) is 0.0800. The zero-order valence-electron chi connectivity index (χ0n) is 16.5. The van der Waals surface area contributed by atoms with Crippen LogP contribution >= 0.6 is 0 Å². The first-order valence-electron chi connectivity index (χ1n) is 9.79. The van der Waals surface area contributed by atoms with E-state index in [4.69, 9.17) is 5.10 Å². The Morgan fingerprint density at radius 3 is 2.37 bits per heavy atom. The van der Waals surface area contributed by atoms with Gasteiger partial charge in [-0.15, -0.1) is 0 Å². The Labute approximate surface area is 175 Å².